The molecular weight excluding hydrogens is 742 g/mol. The molecule has 23 nitrogen and oxygen atoms in total. The molecule has 54 heavy (non-hydrogen) atoms. The van der Waals surface area contributed by atoms with Gasteiger partial charge in [-0.2, -0.15) is 12.6 Å². The van der Waals surface area contributed by atoms with Crippen LogP contribution in [0, 0.1) is 5.41 Å². The largest absolute Gasteiger partial charge is 0.481 e. The Morgan fingerprint density at radius 3 is 1.50 bits per heavy atom. The zero-order valence-corrected chi connectivity index (χ0v) is 29.4. The Balaban J connectivity index is 3.23. The van der Waals surface area contributed by atoms with Crippen molar-refractivity contribution < 1.29 is 68.4 Å². The van der Waals surface area contributed by atoms with Gasteiger partial charge >= 0.3 is 23.9 Å². The predicted octanol–water partition coefficient (Wildman–Crippen LogP) is -3.62. The average molecular weight is 784 g/mol. The summed E-state index contributed by atoms with van der Waals surface area (Å²) in [5.41, 5.74) is 5.40. The van der Waals surface area contributed by atoms with Crippen LogP contribution in [0.3, 0.4) is 0 Å². The van der Waals surface area contributed by atoms with Gasteiger partial charge in [-0.15, -0.1) is 0 Å². The van der Waals surface area contributed by atoms with Gasteiger partial charge in [0.25, 0.3) is 0 Å². The molecule has 0 spiro atoms. The summed E-state index contributed by atoms with van der Waals surface area (Å²) in [7, 11) is 0. The number of carbonyl (C=O) groups excluding carboxylic acids is 6. The van der Waals surface area contributed by atoms with Crippen LogP contribution in [0.2, 0.25) is 0 Å². The first-order valence-electron chi connectivity index (χ1n) is 15.7. The summed E-state index contributed by atoms with van der Waals surface area (Å²) in [6, 6.07) is -3.51. The minimum Gasteiger partial charge on any atom is -0.481 e. The fraction of sp³-hybridized carbons (Fsp3) is 0.433. The van der Waals surface area contributed by atoms with E-state index >= 15 is 0 Å². The van der Waals surface area contributed by atoms with Crippen LogP contribution in [0.15, 0.2) is 24.3 Å². The molecule has 0 aliphatic heterocycles. The predicted molar refractivity (Wildman–Crippen MR) is 187 cm³/mol. The monoisotopic (exact) mass is 783 g/mol. The van der Waals surface area contributed by atoms with Gasteiger partial charge in [0.2, 0.25) is 35.4 Å². The number of nitrogens with two attached hydrogens (primary N) is 1. The number of rotatable bonds is 23. The number of amides is 6. The lowest BCUT2D eigenvalue weighted by Crippen LogP contribution is -2.59. The molecule has 0 radical (unpaired) electrons. The van der Waals surface area contributed by atoms with Gasteiger partial charge in [0.15, 0.2) is 5.96 Å². The summed E-state index contributed by atoms with van der Waals surface area (Å²) in [4.78, 5) is 123. The third-order valence-corrected chi connectivity index (χ3v) is 7.25. The number of hydrogen-bond acceptors (Lipinski definition) is 12. The molecule has 1 aromatic rings. The van der Waals surface area contributed by atoms with Crippen LogP contribution in [-0.4, -0.2) is 128 Å². The maximum atomic E-state index is 13.4. The molecule has 0 fully saturated rings. The number of aromatic carboxylic acids is 1. The average Bonchev–Trinajstić information content (AvgIpc) is 3.07. The van der Waals surface area contributed by atoms with Crippen molar-refractivity contribution in [2.45, 2.75) is 69.2 Å². The standard InChI is InChI=1S/C30H41N9O14S/c1-13(24(47)35-15-6-4-14(5-7-15)29(52)53)34-25(48)16(3-2-8-33-30(31)32)37-27(50)18(10-22(43)44)39-28(51)19(11-23(45)46)38-26(49)17(9-21(41)42)36-20(40)12-54/h4-7,13,16-19,54H,2-3,8-12H2,1H3,(H,34,48)(H,35,47)(H,36,40)(H,37,50)(H,38,49)(H,39,51)(H,41,42)(H,43,44)(H,45,46)(H,52,53)(H4,31,32,33)/t13-,16-,17+,18+,19+/m1/s1. The van der Waals surface area contributed by atoms with Crippen molar-refractivity contribution >= 4 is 83.6 Å². The molecule has 0 aliphatic carbocycles. The summed E-state index contributed by atoms with van der Waals surface area (Å²) < 4.78 is 0. The quantitative estimate of drug-likeness (QED) is 0.0220. The minimum absolute atomic E-state index is 0.0283. The third-order valence-electron chi connectivity index (χ3n) is 6.97. The van der Waals surface area contributed by atoms with Crippen molar-refractivity contribution in [2.24, 2.45) is 5.73 Å². The number of carbonyl (C=O) groups is 10. The third kappa shape index (κ3) is 17.2. The molecule has 0 heterocycles. The van der Waals surface area contributed by atoms with Gasteiger partial charge in [-0.3, -0.25) is 48.6 Å². The number of guanidine groups is 1. The Labute approximate surface area is 311 Å². The van der Waals surface area contributed by atoms with Gasteiger partial charge in [0, 0.05) is 12.2 Å². The number of nitrogens with one attached hydrogen (secondary N) is 8. The first kappa shape index (κ1) is 45.6. The highest BCUT2D eigenvalue weighted by Gasteiger charge is 2.34. The Morgan fingerprint density at radius 1 is 0.667 bits per heavy atom. The van der Waals surface area contributed by atoms with Crippen molar-refractivity contribution in [1.29, 1.82) is 5.41 Å². The molecule has 24 heteroatoms. The molecule has 296 valence electrons. The van der Waals surface area contributed by atoms with Crippen LogP contribution in [0.25, 0.3) is 0 Å². The maximum absolute atomic E-state index is 13.4. The van der Waals surface area contributed by atoms with E-state index in [2.05, 4.69) is 33.9 Å². The fourth-order valence-electron chi connectivity index (χ4n) is 4.33. The number of hydrogen-bond donors (Lipinski definition) is 14. The molecule has 0 saturated heterocycles. The number of carboxylic acid groups (broad SMARTS) is 4. The topological polar surface area (TPSA) is 386 Å². The van der Waals surface area contributed by atoms with E-state index in [1.54, 1.807) is 0 Å². The van der Waals surface area contributed by atoms with E-state index in [-0.39, 0.29) is 30.6 Å². The van der Waals surface area contributed by atoms with E-state index in [9.17, 15) is 58.2 Å². The van der Waals surface area contributed by atoms with Gasteiger partial charge in [0.1, 0.15) is 30.2 Å². The van der Waals surface area contributed by atoms with E-state index in [4.69, 9.17) is 21.4 Å². The second-order valence-electron chi connectivity index (χ2n) is 11.3. The summed E-state index contributed by atoms with van der Waals surface area (Å²) in [6.07, 6.45) is -3.38. The van der Waals surface area contributed by atoms with E-state index in [0.29, 0.717) is 0 Å². The van der Waals surface area contributed by atoms with Crippen LogP contribution < -0.4 is 43.0 Å². The molecule has 0 bridgehead atoms. The Morgan fingerprint density at radius 2 is 1.09 bits per heavy atom. The van der Waals surface area contributed by atoms with Crippen molar-refractivity contribution in [2.75, 3.05) is 17.6 Å². The molecule has 0 saturated carbocycles. The lowest BCUT2D eigenvalue weighted by molar-refractivity contribution is -0.144. The summed E-state index contributed by atoms with van der Waals surface area (Å²) in [6.45, 7) is 1.31. The number of aliphatic carboxylic acids is 3. The smallest absolute Gasteiger partial charge is 0.335 e. The SMILES string of the molecule is C[C@@H](NC(=O)[C@@H](CCCNC(=N)N)NC(=O)[C@H](CC(=O)O)NC(=O)[C@H](CC(=O)O)NC(=O)[C@H](CC(=O)O)NC(=O)CS)C(=O)Nc1ccc(C(=O)O)cc1. The van der Waals surface area contributed by atoms with Crippen LogP contribution in [0.1, 0.15) is 49.4 Å². The highest BCUT2D eigenvalue weighted by molar-refractivity contribution is 7.81. The molecule has 14 N–H and O–H groups in total. The summed E-state index contributed by atoms with van der Waals surface area (Å²) in [5, 5.41) is 59.8. The molecule has 0 aromatic heterocycles. The molecular formula is C30H41N9O14S. The van der Waals surface area contributed by atoms with Gasteiger partial charge < -0.3 is 63.4 Å². The fourth-order valence-corrected chi connectivity index (χ4v) is 4.42. The number of thiol groups is 1. The number of carboxylic acids is 4. The maximum Gasteiger partial charge on any atom is 0.335 e. The van der Waals surface area contributed by atoms with Crippen molar-refractivity contribution in [3.05, 3.63) is 29.8 Å². The van der Waals surface area contributed by atoms with Gasteiger partial charge in [-0.05, 0) is 44.0 Å². The Kier molecular flexibility index (Phi) is 19.0. The molecule has 6 amide bonds. The molecule has 0 unspecified atom stereocenters. The molecule has 1 aromatic carbocycles. The second-order valence-corrected chi connectivity index (χ2v) is 11.7. The van der Waals surface area contributed by atoms with Crippen LogP contribution in [0.4, 0.5) is 5.69 Å². The second kappa shape index (κ2) is 22.5. The number of benzene rings is 1. The van der Waals surface area contributed by atoms with E-state index in [0.717, 1.165) is 0 Å². The zero-order valence-electron chi connectivity index (χ0n) is 28.5. The van der Waals surface area contributed by atoms with Gasteiger partial charge in [0.05, 0.1) is 30.6 Å². The van der Waals surface area contributed by atoms with Crippen LogP contribution in [-0.2, 0) is 43.2 Å². The highest BCUT2D eigenvalue weighted by atomic mass is 32.1. The van der Waals surface area contributed by atoms with E-state index in [1.807, 2.05) is 16.0 Å². The first-order chi connectivity index (χ1) is 25.2. The van der Waals surface area contributed by atoms with Crippen molar-refractivity contribution in [3.63, 3.8) is 0 Å². The van der Waals surface area contributed by atoms with Crippen molar-refractivity contribution in [1.82, 2.24) is 31.9 Å². The van der Waals surface area contributed by atoms with Crippen LogP contribution >= 0.6 is 12.6 Å². The Hall–Kier alpha value is -6.46. The van der Waals surface area contributed by atoms with E-state index < -0.39 is 121 Å². The molecule has 5 atom stereocenters. The molecule has 0 aliphatic rings. The zero-order chi connectivity index (χ0) is 41.1. The Bertz CT molecular complexity index is 1610. The van der Waals surface area contributed by atoms with Crippen LogP contribution in [0.5, 0.6) is 0 Å². The normalized spacial score (nSPS) is 13.2. The lowest BCUT2D eigenvalue weighted by Gasteiger charge is -2.26. The highest BCUT2D eigenvalue weighted by Crippen LogP contribution is 2.10. The van der Waals surface area contributed by atoms with Gasteiger partial charge in [-0.1, -0.05) is 0 Å². The van der Waals surface area contributed by atoms with Gasteiger partial charge in [-0.25, -0.2) is 4.79 Å². The molecule has 1 rings (SSSR count). The minimum atomic E-state index is -2.03. The summed E-state index contributed by atoms with van der Waals surface area (Å²) >= 11 is 3.71. The number of anilines is 1. The van der Waals surface area contributed by atoms with Crippen molar-refractivity contribution in [3.8, 4) is 0 Å². The summed E-state index contributed by atoms with van der Waals surface area (Å²) in [5.74, 6) is -13.5. The first-order valence-corrected chi connectivity index (χ1v) is 16.4. The lowest BCUT2D eigenvalue weighted by atomic mass is 10.1. The van der Waals surface area contributed by atoms with E-state index in [1.165, 1.54) is 31.2 Å².